The Labute approximate surface area is 74.7 Å². The van der Waals surface area contributed by atoms with E-state index in [0.717, 1.165) is 0 Å². The third kappa shape index (κ3) is 1.75. The molecule has 0 aromatic heterocycles. The monoisotopic (exact) mass is 188 g/mol. The predicted molar refractivity (Wildman–Crippen MR) is 42.9 cm³/mol. The normalized spacial score (nSPS) is 35.2. The van der Waals surface area contributed by atoms with E-state index in [4.69, 9.17) is 10.8 Å². The molecule has 1 saturated heterocycles. The standard InChI is InChI=1S/C7H12N2O4/c8-1-3-5(11)7(13)6(12)4(2-10)9-3/h3-4,6,9-10,12H,1-2,8H2. The lowest BCUT2D eigenvalue weighted by Gasteiger charge is -2.30. The van der Waals surface area contributed by atoms with Crippen LogP contribution in [0, 0.1) is 0 Å². The van der Waals surface area contributed by atoms with Crippen LogP contribution in [0.4, 0.5) is 0 Å². The van der Waals surface area contributed by atoms with E-state index >= 15 is 0 Å². The Hall–Kier alpha value is -0.820. The van der Waals surface area contributed by atoms with Crippen molar-refractivity contribution in [3.63, 3.8) is 0 Å². The Morgan fingerprint density at radius 2 is 2.00 bits per heavy atom. The van der Waals surface area contributed by atoms with Crippen molar-refractivity contribution in [3.05, 3.63) is 0 Å². The Kier molecular flexibility index (Phi) is 3.10. The van der Waals surface area contributed by atoms with Gasteiger partial charge in [-0.3, -0.25) is 14.9 Å². The van der Waals surface area contributed by atoms with E-state index in [0.29, 0.717) is 0 Å². The molecule has 6 nitrogen and oxygen atoms in total. The van der Waals surface area contributed by atoms with Crippen LogP contribution in [0.1, 0.15) is 0 Å². The summed E-state index contributed by atoms with van der Waals surface area (Å²) < 4.78 is 0. The van der Waals surface area contributed by atoms with Crippen LogP contribution >= 0.6 is 0 Å². The maximum absolute atomic E-state index is 11.1. The first-order valence-corrected chi connectivity index (χ1v) is 3.95. The van der Waals surface area contributed by atoms with Crippen molar-refractivity contribution >= 4 is 11.6 Å². The van der Waals surface area contributed by atoms with Crippen LogP contribution in [-0.2, 0) is 9.59 Å². The van der Waals surface area contributed by atoms with E-state index in [9.17, 15) is 14.7 Å². The Morgan fingerprint density at radius 1 is 1.38 bits per heavy atom. The van der Waals surface area contributed by atoms with Crippen molar-refractivity contribution in [1.29, 1.82) is 0 Å². The van der Waals surface area contributed by atoms with Crippen molar-refractivity contribution in [2.75, 3.05) is 13.2 Å². The Morgan fingerprint density at radius 3 is 2.46 bits per heavy atom. The number of hydrogen-bond donors (Lipinski definition) is 4. The van der Waals surface area contributed by atoms with Crippen molar-refractivity contribution in [3.8, 4) is 0 Å². The number of aliphatic hydroxyl groups is 2. The molecule has 0 aliphatic carbocycles. The highest BCUT2D eigenvalue weighted by molar-refractivity contribution is 6.41. The van der Waals surface area contributed by atoms with Gasteiger partial charge in [-0.05, 0) is 0 Å². The van der Waals surface area contributed by atoms with Gasteiger partial charge in [0, 0.05) is 6.54 Å². The number of nitrogens with two attached hydrogens (primary N) is 1. The highest BCUT2D eigenvalue weighted by atomic mass is 16.3. The van der Waals surface area contributed by atoms with E-state index < -0.39 is 36.4 Å². The van der Waals surface area contributed by atoms with E-state index in [1.54, 1.807) is 0 Å². The molecule has 0 bridgehead atoms. The molecule has 0 aromatic rings. The maximum atomic E-state index is 11.1. The lowest BCUT2D eigenvalue weighted by atomic mass is 9.93. The van der Waals surface area contributed by atoms with E-state index in [2.05, 4.69) is 5.32 Å². The minimum Gasteiger partial charge on any atom is -0.395 e. The largest absolute Gasteiger partial charge is 0.395 e. The van der Waals surface area contributed by atoms with Crippen molar-refractivity contribution in [1.82, 2.24) is 5.32 Å². The summed E-state index contributed by atoms with van der Waals surface area (Å²) in [6, 6.07) is -1.58. The number of ketones is 2. The fourth-order valence-electron chi connectivity index (χ4n) is 1.25. The molecule has 0 spiro atoms. The fourth-order valence-corrected chi connectivity index (χ4v) is 1.25. The third-order valence-corrected chi connectivity index (χ3v) is 2.06. The van der Waals surface area contributed by atoms with Gasteiger partial charge in [0.1, 0.15) is 6.10 Å². The van der Waals surface area contributed by atoms with Gasteiger partial charge in [0.05, 0.1) is 18.7 Å². The number of hydrogen-bond acceptors (Lipinski definition) is 6. The fraction of sp³-hybridized carbons (Fsp3) is 0.714. The van der Waals surface area contributed by atoms with Gasteiger partial charge in [-0.1, -0.05) is 0 Å². The first kappa shape index (κ1) is 10.3. The Balaban J connectivity index is 2.78. The minimum absolute atomic E-state index is 0.0200. The molecule has 1 aliphatic rings. The van der Waals surface area contributed by atoms with Crippen LogP contribution in [0.25, 0.3) is 0 Å². The summed E-state index contributed by atoms with van der Waals surface area (Å²) in [5, 5.41) is 20.5. The Bertz CT molecular complexity index is 231. The molecule has 1 rings (SSSR count). The summed E-state index contributed by atoms with van der Waals surface area (Å²) >= 11 is 0. The molecule has 13 heavy (non-hydrogen) atoms. The average molecular weight is 188 g/mol. The van der Waals surface area contributed by atoms with Gasteiger partial charge in [-0.2, -0.15) is 0 Å². The van der Waals surface area contributed by atoms with Crippen LogP contribution in [0.15, 0.2) is 0 Å². The first-order chi connectivity index (χ1) is 6.11. The summed E-state index contributed by atoms with van der Waals surface area (Å²) in [5.41, 5.74) is 5.22. The highest BCUT2D eigenvalue weighted by Crippen LogP contribution is 2.06. The molecule has 0 amide bonds. The maximum Gasteiger partial charge on any atom is 0.230 e. The number of carbonyl (C=O) groups excluding carboxylic acids is 2. The molecule has 5 N–H and O–H groups in total. The average Bonchev–Trinajstić information content (AvgIpc) is 2.15. The van der Waals surface area contributed by atoms with E-state index in [1.807, 2.05) is 0 Å². The second-order valence-electron chi connectivity index (χ2n) is 2.92. The number of aliphatic hydroxyl groups excluding tert-OH is 2. The molecule has 1 aliphatic heterocycles. The smallest absolute Gasteiger partial charge is 0.230 e. The van der Waals surface area contributed by atoms with E-state index in [1.165, 1.54) is 0 Å². The first-order valence-electron chi connectivity index (χ1n) is 3.95. The van der Waals surface area contributed by atoms with Crippen LogP contribution in [0.5, 0.6) is 0 Å². The van der Waals surface area contributed by atoms with E-state index in [-0.39, 0.29) is 6.54 Å². The lowest BCUT2D eigenvalue weighted by Crippen LogP contribution is -2.64. The summed E-state index contributed by atoms with van der Waals surface area (Å²) in [6.45, 7) is -0.426. The summed E-state index contributed by atoms with van der Waals surface area (Å²) in [6.07, 6.45) is -1.46. The summed E-state index contributed by atoms with van der Waals surface area (Å²) in [5.74, 6) is -1.60. The number of nitrogens with one attached hydrogen (secondary N) is 1. The van der Waals surface area contributed by atoms with Crippen molar-refractivity contribution in [2.45, 2.75) is 18.2 Å². The molecule has 3 atom stereocenters. The second kappa shape index (κ2) is 3.93. The van der Waals surface area contributed by atoms with Gasteiger partial charge in [0.2, 0.25) is 11.6 Å². The van der Waals surface area contributed by atoms with Crippen LogP contribution in [-0.4, -0.2) is 53.1 Å². The predicted octanol–water partition coefficient (Wildman–Crippen LogP) is -3.22. The number of rotatable bonds is 2. The zero-order valence-corrected chi connectivity index (χ0v) is 6.93. The molecule has 0 aromatic carbocycles. The molecule has 0 radical (unpaired) electrons. The number of piperidine rings is 1. The molecular weight excluding hydrogens is 176 g/mol. The van der Waals surface area contributed by atoms with Gasteiger partial charge >= 0.3 is 0 Å². The molecule has 1 heterocycles. The quantitative estimate of drug-likeness (QED) is 0.339. The van der Waals surface area contributed by atoms with Crippen LogP contribution in [0.2, 0.25) is 0 Å². The van der Waals surface area contributed by atoms with Gasteiger partial charge in [0.15, 0.2) is 0 Å². The van der Waals surface area contributed by atoms with Crippen LogP contribution in [0.3, 0.4) is 0 Å². The molecule has 74 valence electrons. The highest BCUT2D eigenvalue weighted by Gasteiger charge is 2.40. The van der Waals surface area contributed by atoms with Gasteiger partial charge < -0.3 is 15.9 Å². The number of carbonyl (C=O) groups is 2. The second-order valence-corrected chi connectivity index (χ2v) is 2.92. The topological polar surface area (TPSA) is 113 Å². The van der Waals surface area contributed by atoms with Crippen molar-refractivity contribution < 1.29 is 19.8 Å². The zero-order chi connectivity index (χ0) is 10.0. The lowest BCUT2D eigenvalue weighted by molar-refractivity contribution is -0.147. The van der Waals surface area contributed by atoms with Crippen molar-refractivity contribution in [2.24, 2.45) is 5.73 Å². The molecular formula is C7H12N2O4. The van der Waals surface area contributed by atoms with Gasteiger partial charge in [0.25, 0.3) is 0 Å². The SMILES string of the molecule is NCC1NC(CO)C(O)C(=O)C1=O. The van der Waals surface area contributed by atoms with Crippen LogP contribution < -0.4 is 11.1 Å². The van der Waals surface area contributed by atoms with Gasteiger partial charge in [-0.25, -0.2) is 0 Å². The summed E-state index contributed by atoms with van der Waals surface area (Å²) in [7, 11) is 0. The molecule has 0 saturated carbocycles. The zero-order valence-electron chi connectivity index (χ0n) is 6.93. The summed E-state index contributed by atoms with van der Waals surface area (Å²) in [4.78, 5) is 22.2. The minimum atomic E-state index is -1.46. The third-order valence-electron chi connectivity index (χ3n) is 2.06. The molecule has 3 unspecified atom stereocenters. The number of Topliss-reactive ketones (excluding diaryl/α,β-unsaturated/α-hetero) is 2. The molecule has 1 fully saturated rings. The molecule has 6 heteroatoms. The van der Waals surface area contributed by atoms with Gasteiger partial charge in [-0.15, -0.1) is 0 Å².